The van der Waals surface area contributed by atoms with Crippen LogP contribution in [0.2, 0.25) is 0 Å². The van der Waals surface area contributed by atoms with Crippen LogP contribution in [-0.4, -0.2) is 43.0 Å². The van der Waals surface area contributed by atoms with Crippen LogP contribution in [0, 0.1) is 5.82 Å². The van der Waals surface area contributed by atoms with Gasteiger partial charge in [0.2, 0.25) is 5.95 Å². The molecule has 0 spiro atoms. The van der Waals surface area contributed by atoms with Gasteiger partial charge in [-0.15, -0.1) is 0 Å². The van der Waals surface area contributed by atoms with Crippen molar-refractivity contribution in [3.63, 3.8) is 0 Å². The van der Waals surface area contributed by atoms with Crippen LogP contribution in [0.3, 0.4) is 0 Å². The van der Waals surface area contributed by atoms with Gasteiger partial charge in [-0.3, -0.25) is 0 Å². The molecule has 0 fully saturated rings. The van der Waals surface area contributed by atoms with Gasteiger partial charge in [0.25, 0.3) is 0 Å². The van der Waals surface area contributed by atoms with E-state index in [1.165, 1.54) is 12.1 Å². The monoisotopic (exact) mass is 467 g/mol. The second-order valence-corrected chi connectivity index (χ2v) is 6.43. The van der Waals surface area contributed by atoms with E-state index in [1.807, 2.05) is 58.6 Å². The molecule has 0 amide bonds. The van der Waals surface area contributed by atoms with Gasteiger partial charge >= 0.3 is 0 Å². The summed E-state index contributed by atoms with van der Waals surface area (Å²) in [4.78, 5) is 27.3. The third-order valence-electron chi connectivity index (χ3n) is 3.40. The average Bonchev–Trinajstić information content (AvgIpc) is 2.76. The molecule has 5 nitrogen and oxygen atoms in total. The summed E-state index contributed by atoms with van der Waals surface area (Å²) in [5.74, 6) is 0.659. The first kappa shape index (κ1) is 28.8. The zero-order valence-electron chi connectivity index (χ0n) is 18.1. The second-order valence-electron chi connectivity index (χ2n) is 5.78. The minimum Gasteiger partial charge on any atom is -0.347 e. The van der Waals surface area contributed by atoms with Crippen LogP contribution in [0.15, 0.2) is 30.3 Å². The standard InChI is InChI=1S/C18H21BrFN3.C2H6.2CH2O/c1-12(2)16-15(6-5-11-19)17(22-18(21-16)23(3)4)13-7-9-14(20)10-8-13;3*1-2/h5-10,12H,11H2,1-4H3;1-2H3;2*1H2/b6-5+;;;. The summed E-state index contributed by atoms with van der Waals surface area (Å²) >= 11 is 3.41. The van der Waals surface area contributed by atoms with E-state index < -0.39 is 0 Å². The lowest BCUT2D eigenvalue weighted by molar-refractivity contribution is -0.0987. The van der Waals surface area contributed by atoms with E-state index in [0.29, 0.717) is 5.95 Å². The molecule has 0 saturated carbocycles. The molecule has 0 radical (unpaired) electrons. The Morgan fingerprint density at radius 3 is 2.00 bits per heavy atom. The Morgan fingerprint density at radius 2 is 1.59 bits per heavy atom. The number of carbonyl (C=O) groups excluding carboxylic acids is 2. The molecule has 7 heteroatoms. The summed E-state index contributed by atoms with van der Waals surface area (Å²) in [6.07, 6.45) is 4.05. The van der Waals surface area contributed by atoms with E-state index in [0.717, 1.165) is 27.8 Å². The minimum absolute atomic E-state index is 0.253. The SMILES string of the molecule is C=O.C=O.CC.CC(C)c1nc(N(C)C)nc(-c2ccc(F)cc2)c1/C=C/CBr. The number of rotatable bonds is 5. The van der Waals surface area contributed by atoms with E-state index in [2.05, 4.69) is 29.8 Å². The fourth-order valence-corrected chi connectivity index (χ4v) is 2.46. The molecule has 1 aromatic heterocycles. The minimum atomic E-state index is -0.253. The van der Waals surface area contributed by atoms with Gasteiger partial charge in [0.15, 0.2) is 0 Å². The van der Waals surface area contributed by atoms with Crippen LogP contribution in [0.4, 0.5) is 10.3 Å². The Labute approximate surface area is 182 Å². The van der Waals surface area contributed by atoms with E-state index in [9.17, 15) is 4.39 Å². The van der Waals surface area contributed by atoms with Crippen molar-refractivity contribution in [2.75, 3.05) is 24.3 Å². The molecule has 0 atom stereocenters. The Bertz CT molecular complexity index is 734. The molecule has 0 aliphatic rings. The van der Waals surface area contributed by atoms with Crippen molar-refractivity contribution in [2.24, 2.45) is 0 Å². The number of anilines is 1. The third kappa shape index (κ3) is 9.09. The van der Waals surface area contributed by atoms with Crippen molar-refractivity contribution < 1.29 is 14.0 Å². The Kier molecular flexibility index (Phi) is 16.4. The molecule has 2 aromatic rings. The zero-order chi connectivity index (χ0) is 23.0. The van der Waals surface area contributed by atoms with Gasteiger partial charge < -0.3 is 14.5 Å². The van der Waals surface area contributed by atoms with Gasteiger partial charge in [0.05, 0.1) is 11.4 Å². The lowest BCUT2D eigenvalue weighted by Gasteiger charge is -2.18. The number of alkyl halides is 1. The van der Waals surface area contributed by atoms with E-state index in [4.69, 9.17) is 19.6 Å². The molecule has 0 saturated heterocycles. The topological polar surface area (TPSA) is 63.2 Å². The van der Waals surface area contributed by atoms with Crippen LogP contribution in [0.1, 0.15) is 44.9 Å². The maximum Gasteiger partial charge on any atom is 0.225 e. The molecule has 0 aliphatic heterocycles. The number of allylic oxidation sites excluding steroid dienone is 1. The highest BCUT2D eigenvalue weighted by atomic mass is 79.9. The Morgan fingerprint density at radius 1 is 1.07 bits per heavy atom. The number of aromatic nitrogens is 2. The Hall–Kier alpha value is -2.41. The Balaban J connectivity index is 0. The quantitative estimate of drug-likeness (QED) is 0.540. The molecule has 160 valence electrons. The van der Waals surface area contributed by atoms with Crippen molar-refractivity contribution in [2.45, 2.75) is 33.6 Å². The molecular formula is C22H31BrFN3O2. The highest BCUT2D eigenvalue weighted by Gasteiger charge is 2.17. The van der Waals surface area contributed by atoms with E-state index in [-0.39, 0.29) is 11.7 Å². The van der Waals surface area contributed by atoms with Crippen molar-refractivity contribution in [1.82, 2.24) is 9.97 Å². The fraction of sp³-hybridized carbons (Fsp3) is 0.364. The number of nitrogens with zero attached hydrogens (tertiary/aromatic N) is 3. The van der Waals surface area contributed by atoms with Crippen molar-refractivity contribution in [3.05, 3.63) is 47.4 Å². The summed E-state index contributed by atoms with van der Waals surface area (Å²) in [7, 11) is 3.84. The molecule has 0 unspecified atom stereocenters. The van der Waals surface area contributed by atoms with Gasteiger partial charge in [0.1, 0.15) is 19.4 Å². The van der Waals surface area contributed by atoms with Crippen LogP contribution in [-0.2, 0) is 9.59 Å². The van der Waals surface area contributed by atoms with Crippen molar-refractivity contribution in [3.8, 4) is 11.3 Å². The molecule has 29 heavy (non-hydrogen) atoms. The molecular weight excluding hydrogens is 437 g/mol. The highest BCUT2D eigenvalue weighted by molar-refractivity contribution is 9.09. The van der Waals surface area contributed by atoms with Gasteiger partial charge in [-0.1, -0.05) is 55.8 Å². The van der Waals surface area contributed by atoms with E-state index >= 15 is 0 Å². The number of hydrogen-bond donors (Lipinski definition) is 0. The maximum atomic E-state index is 13.3. The number of carbonyl (C=O) groups is 2. The van der Waals surface area contributed by atoms with Crippen molar-refractivity contribution >= 4 is 41.5 Å². The molecule has 1 heterocycles. The summed E-state index contributed by atoms with van der Waals surface area (Å²) in [5, 5.41) is 0.753. The average molecular weight is 468 g/mol. The van der Waals surface area contributed by atoms with Crippen LogP contribution >= 0.6 is 15.9 Å². The third-order valence-corrected chi connectivity index (χ3v) is 3.78. The molecule has 0 N–H and O–H groups in total. The van der Waals surface area contributed by atoms with Gasteiger partial charge in [0, 0.05) is 30.6 Å². The highest BCUT2D eigenvalue weighted by Crippen LogP contribution is 2.30. The number of benzene rings is 1. The molecule has 2 rings (SSSR count). The first-order valence-electron chi connectivity index (χ1n) is 9.09. The van der Waals surface area contributed by atoms with Crippen LogP contribution in [0.5, 0.6) is 0 Å². The van der Waals surface area contributed by atoms with Gasteiger partial charge in [-0.2, -0.15) is 0 Å². The molecule has 0 aliphatic carbocycles. The first-order chi connectivity index (χ1) is 13.9. The first-order valence-corrected chi connectivity index (χ1v) is 10.2. The summed E-state index contributed by atoms with van der Waals surface area (Å²) in [6, 6.07) is 6.43. The predicted octanol–water partition coefficient (Wildman–Crippen LogP) is 5.54. The summed E-state index contributed by atoms with van der Waals surface area (Å²) < 4.78 is 13.3. The zero-order valence-corrected chi connectivity index (χ0v) is 19.7. The predicted molar refractivity (Wildman–Crippen MR) is 124 cm³/mol. The molecule has 1 aromatic carbocycles. The number of hydrogen-bond acceptors (Lipinski definition) is 5. The van der Waals surface area contributed by atoms with Crippen LogP contribution < -0.4 is 4.90 Å². The largest absolute Gasteiger partial charge is 0.347 e. The lowest BCUT2D eigenvalue weighted by atomic mass is 9.98. The van der Waals surface area contributed by atoms with Crippen molar-refractivity contribution in [1.29, 1.82) is 0 Å². The van der Waals surface area contributed by atoms with Gasteiger partial charge in [-0.25, -0.2) is 14.4 Å². The molecule has 0 bridgehead atoms. The second kappa shape index (κ2) is 16.5. The maximum absolute atomic E-state index is 13.3. The van der Waals surface area contributed by atoms with Crippen LogP contribution in [0.25, 0.3) is 17.3 Å². The van der Waals surface area contributed by atoms with Gasteiger partial charge in [-0.05, 0) is 30.2 Å². The van der Waals surface area contributed by atoms with E-state index in [1.54, 1.807) is 12.1 Å². The normalized spacial score (nSPS) is 9.55. The summed E-state index contributed by atoms with van der Waals surface area (Å²) in [6.45, 7) is 12.2. The smallest absolute Gasteiger partial charge is 0.225 e. The summed E-state index contributed by atoms with van der Waals surface area (Å²) in [5.41, 5.74) is 3.68. The lowest BCUT2D eigenvalue weighted by Crippen LogP contribution is -2.16. The number of halogens is 2. The fourth-order valence-electron chi connectivity index (χ4n) is 2.27.